The summed E-state index contributed by atoms with van der Waals surface area (Å²) in [4.78, 5) is 12.2. The highest BCUT2D eigenvalue weighted by molar-refractivity contribution is 6.30. The lowest BCUT2D eigenvalue weighted by Gasteiger charge is -2.11. The van der Waals surface area contributed by atoms with Crippen LogP contribution in [0.5, 0.6) is 11.5 Å². The summed E-state index contributed by atoms with van der Waals surface area (Å²) in [5.41, 5.74) is 1.04. The van der Waals surface area contributed by atoms with Crippen LogP contribution in [0.3, 0.4) is 0 Å². The Balaban J connectivity index is 1.52. The van der Waals surface area contributed by atoms with Crippen molar-refractivity contribution in [2.45, 2.75) is 13.0 Å². The summed E-state index contributed by atoms with van der Waals surface area (Å²) < 4.78 is 12.6. The number of hydrogen-bond acceptors (Lipinski definition) is 4. The second-order valence-electron chi connectivity index (χ2n) is 5.80. The smallest absolute Gasteiger partial charge is 0.228 e. The molecule has 0 atom stereocenters. The lowest BCUT2D eigenvalue weighted by Crippen LogP contribution is -2.18. The molecule has 0 unspecified atom stereocenters. The van der Waals surface area contributed by atoms with Gasteiger partial charge in [-0.15, -0.1) is 0 Å². The van der Waals surface area contributed by atoms with Crippen molar-refractivity contribution in [3.8, 4) is 11.5 Å². The predicted molar refractivity (Wildman–Crippen MR) is 105 cm³/mol. The molecule has 0 aliphatic rings. The number of ether oxygens (including phenoxy) is 2. The van der Waals surface area contributed by atoms with Crippen molar-refractivity contribution in [2.75, 3.05) is 19.0 Å². The fraction of sp³-hybridized carbons (Fsp3) is 0.200. The zero-order valence-electron chi connectivity index (χ0n) is 14.9. The molecule has 27 heavy (non-hydrogen) atoms. The zero-order chi connectivity index (χ0) is 19.1. The Hall–Kier alpha value is -2.99. The molecule has 0 bridgehead atoms. The maximum atomic E-state index is 12.2. The normalized spacial score (nSPS) is 10.4. The van der Waals surface area contributed by atoms with E-state index in [2.05, 4.69) is 10.4 Å². The highest BCUT2D eigenvalue weighted by Crippen LogP contribution is 2.25. The third kappa shape index (κ3) is 5.24. The van der Waals surface area contributed by atoms with Gasteiger partial charge in [-0.2, -0.15) is 5.10 Å². The second-order valence-corrected chi connectivity index (χ2v) is 6.23. The van der Waals surface area contributed by atoms with E-state index in [0.717, 1.165) is 5.56 Å². The van der Waals surface area contributed by atoms with Crippen molar-refractivity contribution in [2.24, 2.45) is 0 Å². The number of hydrogen-bond donors (Lipinski definition) is 1. The van der Waals surface area contributed by atoms with E-state index < -0.39 is 0 Å². The van der Waals surface area contributed by atoms with E-state index >= 15 is 0 Å². The average Bonchev–Trinajstić information content (AvgIpc) is 3.10. The number of nitrogens with one attached hydrogen (secondary N) is 1. The predicted octanol–water partition coefficient (Wildman–Crippen LogP) is 4.00. The van der Waals surface area contributed by atoms with Crippen molar-refractivity contribution in [3.05, 3.63) is 71.4 Å². The van der Waals surface area contributed by atoms with Crippen molar-refractivity contribution in [1.29, 1.82) is 0 Å². The maximum Gasteiger partial charge on any atom is 0.228 e. The van der Waals surface area contributed by atoms with E-state index in [1.165, 1.54) is 0 Å². The highest BCUT2D eigenvalue weighted by Gasteiger charge is 2.09. The van der Waals surface area contributed by atoms with Crippen LogP contribution in [0.15, 0.2) is 60.8 Å². The summed E-state index contributed by atoms with van der Waals surface area (Å²) in [6.07, 6.45) is 1.86. The summed E-state index contributed by atoms with van der Waals surface area (Å²) in [5, 5.41) is 7.80. The number of carbonyl (C=O) groups excluding carboxylic acids is 1. The molecule has 0 radical (unpaired) electrons. The van der Waals surface area contributed by atoms with Gasteiger partial charge in [0.05, 0.1) is 32.9 Å². The van der Waals surface area contributed by atoms with Gasteiger partial charge in [0.1, 0.15) is 5.82 Å². The number of para-hydroxylation sites is 2. The summed E-state index contributed by atoms with van der Waals surface area (Å²) in [6.45, 7) is 0.787. The molecule has 3 aromatic rings. The number of carbonyl (C=O) groups is 1. The molecule has 0 fully saturated rings. The van der Waals surface area contributed by atoms with Crippen LogP contribution < -0.4 is 14.8 Å². The van der Waals surface area contributed by atoms with Crippen LogP contribution in [0.1, 0.15) is 12.0 Å². The zero-order valence-corrected chi connectivity index (χ0v) is 15.6. The molecule has 0 spiro atoms. The number of methoxy groups -OCH3 is 1. The van der Waals surface area contributed by atoms with Gasteiger partial charge in [-0.3, -0.25) is 4.79 Å². The maximum absolute atomic E-state index is 12.2. The number of aromatic nitrogens is 2. The molecular weight excluding hydrogens is 366 g/mol. The van der Waals surface area contributed by atoms with Crippen LogP contribution in [0.2, 0.25) is 5.02 Å². The van der Waals surface area contributed by atoms with E-state index in [-0.39, 0.29) is 18.9 Å². The van der Waals surface area contributed by atoms with Gasteiger partial charge in [0.2, 0.25) is 5.91 Å². The first-order valence-corrected chi connectivity index (χ1v) is 8.85. The first-order valence-electron chi connectivity index (χ1n) is 8.47. The standard InChI is InChI=1S/C20H20ClN3O3/c1-26-17-4-2-3-5-18(17)27-13-11-20(25)23-19-10-12-22-24(19)14-15-6-8-16(21)9-7-15/h2-10,12H,11,13-14H2,1H3,(H,23,25). The molecule has 0 aliphatic heterocycles. The Morgan fingerprint density at radius 1 is 1.11 bits per heavy atom. The lowest BCUT2D eigenvalue weighted by atomic mass is 10.2. The van der Waals surface area contributed by atoms with Gasteiger partial charge in [0.25, 0.3) is 0 Å². The Labute approximate surface area is 162 Å². The van der Waals surface area contributed by atoms with Gasteiger partial charge in [0, 0.05) is 11.1 Å². The van der Waals surface area contributed by atoms with E-state index in [9.17, 15) is 4.79 Å². The van der Waals surface area contributed by atoms with Crippen molar-refractivity contribution in [3.63, 3.8) is 0 Å². The number of rotatable bonds is 8. The van der Waals surface area contributed by atoms with Crippen LogP contribution in [0, 0.1) is 0 Å². The average molecular weight is 386 g/mol. The molecule has 0 aliphatic carbocycles. The topological polar surface area (TPSA) is 65.4 Å². The number of amides is 1. The van der Waals surface area contributed by atoms with Gasteiger partial charge in [-0.05, 0) is 29.8 Å². The summed E-state index contributed by atoms with van der Waals surface area (Å²) in [7, 11) is 1.58. The molecule has 0 saturated carbocycles. The van der Waals surface area contributed by atoms with Gasteiger partial charge in [-0.1, -0.05) is 35.9 Å². The quantitative estimate of drug-likeness (QED) is 0.636. The molecule has 7 heteroatoms. The monoisotopic (exact) mass is 385 g/mol. The van der Waals surface area contributed by atoms with Crippen LogP contribution >= 0.6 is 11.6 Å². The SMILES string of the molecule is COc1ccccc1OCCC(=O)Nc1ccnn1Cc1ccc(Cl)cc1. The number of anilines is 1. The van der Waals surface area contributed by atoms with Gasteiger partial charge >= 0.3 is 0 Å². The minimum Gasteiger partial charge on any atom is -0.493 e. The number of benzene rings is 2. The van der Waals surface area contributed by atoms with Crippen molar-refractivity contribution >= 4 is 23.3 Å². The third-order valence-electron chi connectivity index (χ3n) is 3.89. The number of nitrogens with zero attached hydrogens (tertiary/aromatic N) is 2. The molecule has 6 nitrogen and oxygen atoms in total. The number of halogens is 1. The molecule has 1 amide bonds. The Kier molecular flexibility index (Phi) is 6.33. The Morgan fingerprint density at radius 3 is 2.59 bits per heavy atom. The fourth-order valence-electron chi connectivity index (χ4n) is 2.52. The summed E-state index contributed by atoms with van der Waals surface area (Å²) >= 11 is 5.91. The Morgan fingerprint density at radius 2 is 1.85 bits per heavy atom. The second kappa shape index (κ2) is 9.09. The van der Waals surface area contributed by atoms with Crippen molar-refractivity contribution in [1.82, 2.24) is 9.78 Å². The molecule has 3 rings (SSSR count). The van der Waals surface area contributed by atoms with Crippen LogP contribution in [0.4, 0.5) is 5.82 Å². The molecular formula is C20H20ClN3O3. The van der Waals surface area contributed by atoms with E-state index in [4.69, 9.17) is 21.1 Å². The minimum absolute atomic E-state index is 0.150. The van der Waals surface area contributed by atoms with Crippen LogP contribution in [0.25, 0.3) is 0 Å². The van der Waals surface area contributed by atoms with Crippen molar-refractivity contribution < 1.29 is 14.3 Å². The largest absolute Gasteiger partial charge is 0.493 e. The highest BCUT2D eigenvalue weighted by atomic mass is 35.5. The van der Waals surface area contributed by atoms with Gasteiger partial charge < -0.3 is 14.8 Å². The molecule has 2 aromatic carbocycles. The van der Waals surface area contributed by atoms with Crippen LogP contribution in [-0.4, -0.2) is 29.4 Å². The molecule has 0 saturated heterocycles. The fourth-order valence-corrected chi connectivity index (χ4v) is 2.65. The summed E-state index contributed by atoms with van der Waals surface area (Å²) in [6, 6.07) is 16.6. The minimum atomic E-state index is -0.150. The lowest BCUT2D eigenvalue weighted by molar-refractivity contribution is -0.116. The first-order chi connectivity index (χ1) is 13.2. The van der Waals surface area contributed by atoms with E-state index in [1.807, 2.05) is 42.5 Å². The third-order valence-corrected chi connectivity index (χ3v) is 4.14. The van der Waals surface area contributed by atoms with Gasteiger partial charge in [-0.25, -0.2) is 4.68 Å². The summed E-state index contributed by atoms with van der Waals surface area (Å²) in [5.74, 6) is 1.73. The van der Waals surface area contributed by atoms with Gasteiger partial charge in [0.15, 0.2) is 11.5 Å². The van der Waals surface area contributed by atoms with Crippen LogP contribution in [-0.2, 0) is 11.3 Å². The van der Waals surface area contributed by atoms with E-state index in [1.54, 1.807) is 30.1 Å². The molecule has 1 heterocycles. The van der Waals surface area contributed by atoms with E-state index in [0.29, 0.717) is 28.9 Å². The first kappa shape index (κ1) is 18.8. The molecule has 140 valence electrons. The molecule has 1 aromatic heterocycles. The Bertz CT molecular complexity index is 893. The molecule has 1 N–H and O–H groups in total.